The van der Waals surface area contributed by atoms with Gasteiger partial charge in [0.2, 0.25) is 0 Å². The van der Waals surface area contributed by atoms with Gasteiger partial charge in [0.05, 0.1) is 10.5 Å². The maximum absolute atomic E-state index is 12.4. The smallest absolute Gasteiger partial charge is 0.270 e. The molecule has 0 spiro atoms. The number of hydrogen-bond acceptors (Lipinski definition) is 5. The van der Waals surface area contributed by atoms with Crippen molar-refractivity contribution >= 4 is 23.5 Å². The average molecular weight is 366 g/mol. The van der Waals surface area contributed by atoms with Gasteiger partial charge in [0.15, 0.2) is 12.9 Å². The first-order valence-electron chi connectivity index (χ1n) is 8.47. The van der Waals surface area contributed by atoms with Crippen LogP contribution in [0.15, 0.2) is 54.6 Å². The summed E-state index contributed by atoms with van der Waals surface area (Å²) in [5, 5.41) is 10.8. The van der Waals surface area contributed by atoms with Gasteiger partial charge in [-0.15, -0.1) is 0 Å². The van der Waals surface area contributed by atoms with Gasteiger partial charge in [0.1, 0.15) is 5.75 Å². The molecule has 0 radical (unpaired) electrons. The molecule has 0 N–H and O–H groups in total. The Balaban J connectivity index is 1.60. The van der Waals surface area contributed by atoms with Crippen molar-refractivity contribution < 1.29 is 19.2 Å². The van der Waals surface area contributed by atoms with E-state index in [1.54, 1.807) is 4.90 Å². The third-order valence-corrected chi connectivity index (χ3v) is 4.39. The molecule has 0 unspecified atom stereocenters. The summed E-state index contributed by atoms with van der Waals surface area (Å²) in [6.45, 7) is 0.851. The summed E-state index contributed by atoms with van der Waals surface area (Å²) >= 11 is 0. The van der Waals surface area contributed by atoms with Gasteiger partial charge in [-0.25, -0.2) is 0 Å². The Kier molecular flexibility index (Phi) is 5.61. The number of hydrogen-bond donors (Lipinski definition) is 0. The number of aldehydes is 1. The lowest BCUT2D eigenvalue weighted by atomic mass is 10.00. The summed E-state index contributed by atoms with van der Waals surface area (Å²) in [7, 11) is 0. The quantitative estimate of drug-likeness (QED) is 0.445. The van der Waals surface area contributed by atoms with Gasteiger partial charge in [-0.2, -0.15) is 0 Å². The van der Waals surface area contributed by atoms with Crippen LogP contribution >= 0.6 is 0 Å². The zero-order valence-corrected chi connectivity index (χ0v) is 14.5. The standard InChI is InChI=1S/C20H18N2O5/c23-13-17-12-18(22(25)26)6-7-19(17)27-14-20(24)21-10-8-16(9-11-21)15-4-2-1-3-5-15/h1-8,12-13H,9-11,14H2. The summed E-state index contributed by atoms with van der Waals surface area (Å²) in [6, 6.07) is 13.7. The minimum Gasteiger partial charge on any atom is -0.483 e. The Morgan fingerprint density at radius 1 is 1.22 bits per heavy atom. The Morgan fingerprint density at radius 3 is 2.63 bits per heavy atom. The summed E-state index contributed by atoms with van der Waals surface area (Å²) < 4.78 is 5.42. The number of nitro groups is 1. The molecular weight excluding hydrogens is 348 g/mol. The second kappa shape index (κ2) is 8.27. The van der Waals surface area contributed by atoms with Crippen molar-refractivity contribution in [1.82, 2.24) is 4.90 Å². The van der Waals surface area contributed by atoms with Gasteiger partial charge in [-0.05, 0) is 23.6 Å². The van der Waals surface area contributed by atoms with Crippen molar-refractivity contribution in [2.75, 3.05) is 19.7 Å². The molecule has 2 aromatic carbocycles. The van der Waals surface area contributed by atoms with E-state index in [2.05, 4.69) is 0 Å². The molecule has 0 fully saturated rings. The third kappa shape index (κ3) is 4.38. The molecule has 0 aliphatic carbocycles. The SMILES string of the molecule is O=Cc1cc([N+](=O)[O-])ccc1OCC(=O)N1CC=C(c2ccccc2)CC1. The maximum Gasteiger partial charge on any atom is 0.270 e. The van der Waals surface area contributed by atoms with Crippen LogP contribution in [0.25, 0.3) is 5.57 Å². The van der Waals surface area contributed by atoms with Gasteiger partial charge < -0.3 is 9.64 Å². The summed E-state index contributed by atoms with van der Waals surface area (Å²) in [4.78, 5) is 35.3. The number of carbonyl (C=O) groups is 2. The highest BCUT2D eigenvalue weighted by Gasteiger charge is 2.19. The van der Waals surface area contributed by atoms with E-state index in [0.29, 0.717) is 19.4 Å². The van der Waals surface area contributed by atoms with Crippen LogP contribution in [0.3, 0.4) is 0 Å². The zero-order chi connectivity index (χ0) is 19.2. The lowest BCUT2D eigenvalue weighted by Crippen LogP contribution is -2.37. The van der Waals surface area contributed by atoms with E-state index in [1.807, 2.05) is 36.4 Å². The van der Waals surface area contributed by atoms with Gasteiger partial charge in [-0.3, -0.25) is 19.7 Å². The largest absolute Gasteiger partial charge is 0.483 e. The van der Waals surface area contributed by atoms with Crippen molar-refractivity contribution in [3.8, 4) is 5.75 Å². The lowest BCUT2D eigenvalue weighted by molar-refractivity contribution is -0.384. The number of non-ortho nitro benzene ring substituents is 1. The predicted molar refractivity (Wildman–Crippen MR) is 99.6 cm³/mol. The van der Waals surface area contributed by atoms with Crippen molar-refractivity contribution in [2.24, 2.45) is 0 Å². The Bertz CT molecular complexity index is 893. The highest BCUT2D eigenvalue weighted by atomic mass is 16.6. The molecule has 7 heteroatoms. The fourth-order valence-electron chi connectivity index (χ4n) is 2.91. The molecule has 1 heterocycles. The lowest BCUT2D eigenvalue weighted by Gasteiger charge is -2.26. The molecular formula is C20H18N2O5. The average Bonchev–Trinajstić information content (AvgIpc) is 2.72. The first kappa shape index (κ1) is 18.3. The molecule has 0 atom stereocenters. The minimum atomic E-state index is -0.591. The molecule has 7 nitrogen and oxygen atoms in total. The van der Waals surface area contributed by atoms with E-state index < -0.39 is 4.92 Å². The Hall–Kier alpha value is -3.48. The zero-order valence-electron chi connectivity index (χ0n) is 14.5. The molecule has 0 saturated heterocycles. The second-order valence-electron chi connectivity index (χ2n) is 6.07. The van der Waals surface area contributed by atoms with Crippen molar-refractivity contribution in [3.05, 3.63) is 75.8 Å². The Labute approximate surface area is 156 Å². The van der Waals surface area contributed by atoms with Gasteiger partial charge >= 0.3 is 0 Å². The number of rotatable bonds is 6. The molecule has 138 valence electrons. The molecule has 0 saturated carbocycles. The van der Waals surface area contributed by atoms with Gasteiger partial charge in [-0.1, -0.05) is 36.4 Å². The van der Waals surface area contributed by atoms with Crippen LogP contribution < -0.4 is 4.74 Å². The second-order valence-corrected chi connectivity index (χ2v) is 6.07. The van der Waals surface area contributed by atoms with Crippen LogP contribution in [0.2, 0.25) is 0 Å². The number of nitro benzene ring substituents is 1. The fraction of sp³-hybridized carbons (Fsp3) is 0.200. The summed E-state index contributed by atoms with van der Waals surface area (Å²) in [5.41, 5.74) is 2.20. The highest BCUT2D eigenvalue weighted by Crippen LogP contribution is 2.24. The maximum atomic E-state index is 12.4. The fourth-order valence-corrected chi connectivity index (χ4v) is 2.91. The van der Waals surface area contributed by atoms with Crippen LogP contribution in [-0.4, -0.2) is 41.7 Å². The van der Waals surface area contributed by atoms with E-state index in [0.717, 1.165) is 18.1 Å². The third-order valence-electron chi connectivity index (χ3n) is 4.39. The van der Waals surface area contributed by atoms with Crippen molar-refractivity contribution in [2.45, 2.75) is 6.42 Å². The molecule has 0 aromatic heterocycles. The van der Waals surface area contributed by atoms with Crippen LogP contribution in [0.5, 0.6) is 5.75 Å². The number of benzene rings is 2. The monoisotopic (exact) mass is 366 g/mol. The van der Waals surface area contributed by atoms with E-state index in [1.165, 1.54) is 17.7 Å². The van der Waals surface area contributed by atoms with E-state index in [9.17, 15) is 19.7 Å². The number of amides is 1. The van der Waals surface area contributed by atoms with Crippen molar-refractivity contribution in [1.29, 1.82) is 0 Å². The van der Waals surface area contributed by atoms with Crippen LogP contribution in [0.1, 0.15) is 22.3 Å². The molecule has 2 aromatic rings. The first-order valence-corrected chi connectivity index (χ1v) is 8.47. The van der Waals surface area contributed by atoms with Gasteiger partial charge in [0, 0.05) is 25.2 Å². The number of ether oxygens (including phenoxy) is 1. The molecule has 1 aliphatic rings. The summed E-state index contributed by atoms with van der Waals surface area (Å²) in [6.07, 6.45) is 3.26. The first-order chi connectivity index (χ1) is 13.1. The van der Waals surface area contributed by atoms with Crippen LogP contribution in [-0.2, 0) is 4.79 Å². The number of carbonyl (C=O) groups excluding carboxylic acids is 2. The van der Waals surface area contributed by atoms with E-state index >= 15 is 0 Å². The topological polar surface area (TPSA) is 89.7 Å². The van der Waals surface area contributed by atoms with Crippen molar-refractivity contribution in [3.63, 3.8) is 0 Å². The Morgan fingerprint density at radius 2 is 2.00 bits per heavy atom. The van der Waals surface area contributed by atoms with E-state index in [-0.39, 0.29) is 29.5 Å². The normalized spacial score (nSPS) is 13.6. The molecule has 0 bridgehead atoms. The van der Waals surface area contributed by atoms with E-state index in [4.69, 9.17) is 4.74 Å². The molecule has 27 heavy (non-hydrogen) atoms. The molecule has 1 amide bonds. The van der Waals surface area contributed by atoms with Gasteiger partial charge in [0.25, 0.3) is 11.6 Å². The molecule has 1 aliphatic heterocycles. The minimum absolute atomic E-state index is 0.0434. The predicted octanol–water partition coefficient (Wildman–Crippen LogP) is 3.10. The van der Waals surface area contributed by atoms with Crippen LogP contribution in [0, 0.1) is 10.1 Å². The highest BCUT2D eigenvalue weighted by molar-refractivity contribution is 5.82. The number of nitrogens with zero attached hydrogens (tertiary/aromatic N) is 2. The van der Waals surface area contributed by atoms with Crippen LogP contribution in [0.4, 0.5) is 5.69 Å². The summed E-state index contributed by atoms with van der Waals surface area (Å²) in [5.74, 6) is -0.0463. The molecule has 3 rings (SSSR count).